The van der Waals surface area contributed by atoms with Crippen molar-refractivity contribution >= 4 is 10.0 Å². The highest BCUT2D eigenvalue weighted by Crippen LogP contribution is 2.31. The molecule has 1 aromatic rings. The Kier molecular flexibility index (Phi) is 5.77. The van der Waals surface area contributed by atoms with Crippen LogP contribution in [-0.4, -0.2) is 38.0 Å². The van der Waals surface area contributed by atoms with Gasteiger partial charge in [-0.25, -0.2) is 17.5 Å². The van der Waals surface area contributed by atoms with Crippen molar-refractivity contribution in [3.05, 3.63) is 30.1 Å². The monoisotopic (exact) mass is 331 g/mol. The number of benzene rings is 1. The molecule has 1 aromatic carbocycles. The average molecular weight is 331 g/mol. The second kappa shape index (κ2) is 7.39. The summed E-state index contributed by atoms with van der Waals surface area (Å²) in [6.45, 7) is 1.80. The summed E-state index contributed by atoms with van der Waals surface area (Å²) < 4.78 is 45.3. The summed E-state index contributed by atoms with van der Waals surface area (Å²) in [7, 11) is -3.49. The summed E-state index contributed by atoms with van der Waals surface area (Å²) in [6.07, 6.45) is 1.62. The van der Waals surface area contributed by atoms with Crippen molar-refractivity contribution in [3.63, 3.8) is 0 Å². The maximum Gasteiger partial charge on any atom is 0.215 e. The Morgan fingerprint density at radius 1 is 1.41 bits per heavy atom. The van der Waals surface area contributed by atoms with Crippen LogP contribution >= 0.6 is 0 Å². The Bertz CT molecular complexity index is 587. The fourth-order valence-electron chi connectivity index (χ4n) is 2.58. The fourth-order valence-corrected chi connectivity index (χ4v) is 3.82. The Labute approximate surface area is 130 Å². The van der Waals surface area contributed by atoms with Crippen molar-refractivity contribution in [1.82, 2.24) is 4.72 Å². The van der Waals surface area contributed by atoms with Gasteiger partial charge >= 0.3 is 0 Å². The van der Waals surface area contributed by atoms with Crippen LogP contribution in [0.15, 0.2) is 24.3 Å². The number of halogens is 1. The van der Waals surface area contributed by atoms with E-state index in [4.69, 9.17) is 4.74 Å². The molecule has 1 aliphatic rings. The van der Waals surface area contributed by atoms with Gasteiger partial charge in [0.2, 0.25) is 10.0 Å². The van der Waals surface area contributed by atoms with E-state index < -0.39 is 15.8 Å². The van der Waals surface area contributed by atoms with E-state index in [0.717, 1.165) is 0 Å². The fraction of sp³-hybridized carbons (Fsp3) is 0.600. The number of ether oxygens (including phenoxy) is 1. The highest BCUT2D eigenvalue weighted by Gasteiger charge is 2.34. The Balaban J connectivity index is 1.82. The molecule has 0 unspecified atom stereocenters. The topological polar surface area (TPSA) is 75.6 Å². The molecule has 0 heterocycles. The van der Waals surface area contributed by atoms with E-state index in [1.165, 1.54) is 12.1 Å². The molecule has 2 rings (SSSR count). The predicted octanol–water partition coefficient (Wildman–Crippen LogP) is 1.67. The van der Waals surface area contributed by atoms with Crippen LogP contribution in [0.3, 0.4) is 0 Å². The number of hydrogen-bond donors (Lipinski definition) is 2. The number of nitrogens with one attached hydrogen (secondary N) is 1. The largest absolute Gasteiger partial charge is 0.489 e. The quantitative estimate of drug-likeness (QED) is 0.760. The first-order valence-electron chi connectivity index (χ1n) is 7.46. The van der Waals surface area contributed by atoms with Crippen LogP contribution < -0.4 is 9.46 Å². The van der Waals surface area contributed by atoms with Gasteiger partial charge in [0.1, 0.15) is 6.61 Å². The second-order valence-electron chi connectivity index (χ2n) is 5.62. The van der Waals surface area contributed by atoms with Gasteiger partial charge < -0.3 is 9.84 Å². The van der Waals surface area contributed by atoms with E-state index in [1.807, 2.05) is 6.92 Å². The highest BCUT2D eigenvalue weighted by molar-refractivity contribution is 7.89. The lowest BCUT2D eigenvalue weighted by atomic mass is 9.77. The molecule has 0 radical (unpaired) electrons. The summed E-state index contributed by atoms with van der Waals surface area (Å²) in [5.41, 5.74) is 0. The van der Waals surface area contributed by atoms with Crippen LogP contribution in [0.4, 0.5) is 4.39 Å². The number of sulfonamides is 1. The van der Waals surface area contributed by atoms with Gasteiger partial charge in [0.05, 0.1) is 11.9 Å². The van der Waals surface area contributed by atoms with Crippen LogP contribution in [0.2, 0.25) is 0 Å². The molecule has 22 heavy (non-hydrogen) atoms. The summed E-state index contributed by atoms with van der Waals surface area (Å²) >= 11 is 0. The number of para-hydroxylation sites is 1. The number of hydrogen-bond acceptors (Lipinski definition) is 4. The van der Waals surface area contributed by atoms with E-state index in [2.05, 4.69) is 4.72 Å². The predicted molar refractivity (Wildman–Crippen MR) is 81.6 cm³/mol. The van der Waals surface area contributed by atoms with Crippen LogP contribution in [-0.2, 0) is 10.0 Å². The third-order valence-corrected chi connectivity index (χ3v) is 5.30. The second-order valence-corrected chi connectivity index (χ2v) is 7.49. The third-order valence-electron chi connectivity index (χ3n) is 3.94. The summed E-state index contributed by atoms with van der Waals surface area (Å²) in [6, 6.07) is 5.72. The zero-order valence-electron chi connectivity index (χ0n) is 12.5. The van der Waals surface area contributed by atoms with Crippen LogP contribution in [0, 0.1) is 11.7 Å². The minimum atomic E-state index is -3.49. The van der Waals surface area contributed by atoms with Crippen LogP contribution in [0.5, 0.6) is 5.75 Å². The summed E-state index contributed by atoms with van der Waals surface area (Å²) in [5, 5.41) is 9.32. The van der Waals surface area contributed by atoms with E-state index >= 15 is 0 Å². The Hall–Kier alpha value is -1.18. The lowest BCUT2D eigenvalue weighted by Gasteiger charge is -2.37. The van der Waals surface area contributed by atoms with Gasteiger partial charge in [-0.05, 0) is 37.3 Å². The number of rotatable bonds is 8. The standard InChI is InChI=1S/C15H22FNO4S/c1-2-14(11-9-12(18)10-11)17-22(19,20)8-7-21-15-6-4-3-5-13(15)16/h3-6,11-12,14,17-18H,2,7-10H2,1H3/t11?,12?,14-/m1/s1. The molecule has 1 fully saturated rings. The highest BCUT2D eigenvalue weighted by atomic mass is 32.2. The molecule has 0 spiro atoms. The number of aliphatic hydroxyl groups is 1. The van der Waals surface area contributed by atoms with Gasteiger partial charge in [0.25, 0.3) is 0 Å². The zero-order valence-corrected chi connectivity index (χ0v) is 13.4. The minimum Gasteiger partial charge on any atom is -0.489 e. The van der Waals surface area contributed by atoms with E-state index in [1.54, 1.807) is 12.1 Å². The molecule has 1 atom stereocenters. The van der Waals surface area contributed by atoms with Crippen molar-refractivity contribution < 1.29 is 22.7 Å². The van der Waals surface area contributed by atoms with Gasteiger partial charge in [0, 0.05) is 6.04 Å². The third kappa shape index (κ3) is 4.66. The summed E-state index contributed by atoms with van der Waals surface area (Å²) in [4.78, 5) is 0. The Morgan fingerprint density at radius 2 is 2.09 bits per heavy atom. The first-order valence-corrected chi connectivity index (χ1v) is 9.12. The lowest BCUT2D eigenvalue weighted by molar-refractivity contribution is 0.0277. The van der Waals surface area contributed by atoms with Crippen molar-refractivity contribution in [2.75, 3.05) is 12.4 Å². The smallest absolute Gasteiger partial charge is 0.215 e. The summed E-state index contributed by atoms with van der Waals surface area (Å²) in [5.74, 6) is -0.510. The van der Waals surface area contributed by atoms with Crippen molar-refractivity contribution in [3.8, 4) is 5.75 Å². The average Bonchev–Trinajstić information content (AvgIpc) is 2.44. The molecule has 0 bridgehead atoms. The molecule has 1 aliphatic carbocycles. The van der Waals surface area contributed by atoms with Gasteiger partial charge in [0.15, 0.2) is 11.6 Å². The lowest BCUT2D eigenvalue weighted by Crippen LogP contribution is -2.47. The molecule has 0 saturated heterocycles. The molecule has 0 aromatic heterocycles. The van der Waals surface area contributed by atoms with E-state index in [0.29, 0.717) is 19.3 Å². The van der Waals surface area contributed by atoms with Gasteiger partial charge in [-0.2, -0.15) is 0 Å². The van der Waals surface area contributed by atoms with Gasteiger partial charge in [-0.1, -0.05) is 19.1 Å². The van der Waals surface area contributed by atoms with Crippen molar-refractivity contribution in [2.24, 2.45) is 5.92 Å². The molecule has 0 aliphatic heterocycles. The first-order chi connectivity index (χ1) is 10.4. The van der Waals surface area contributed by atoms with Gasteiger partial charge in [-0.15, -0.1) is 0 Å². The maximum atomic E-state index is 13.4. The molecule has 7 heteroatoms. The minimum absolute atomic E-state index is 0.0480. The molecule has 124 valence electrons. The molecular weight excluding hydrogens is 309 g/mol. The SMILES string of the molecule is CC[C@@H](NS(=O)(=O)CCOc1ccccc1F)C1CC(O)C1. The Morgan fingerprint density at radius 3 is 2.68 bits per heavy atom. The van der Waals surface area contributed by atoms with Crippen molar-refractivity contribution in [1.29, 1.82) is 0 Å². The van der Waals surface area contributed by atoms with Crippen molar-refractivity contribution in [2.45, 2.75) is 38.3 Å². The molecule has 2 N–H and O–H groups in total. The molecular formula is C15H22FNO4S. The molecule has 5 nitrogen and oxygen atoms in total. The van der Waals surface area contributed by atoms with Gasteiger partial charge in [-0.3, -0.25) is 0 Å². The maximum absolute atomic E-state index is 13.4. The molecule has 1 saturated carbocycles. The number of aliphatic hydroxyl groups excluding tert-OH is 1. The van der Waals surface area contributed by atoms with E-state index in [9.17, 15) is 17.9 Å². The van der Waals surface area contributed by atoms with E-state index in [-0.39, 0.29) is 36.2 Å². The first kappa shape index (κ1) is 17.2. The molecule has 0 amide bonds. The normalized spacial score (nSPS) is 22.9. The van der Waals surface area contributed by atoms with Crippen LogP contribution in [0.1, 0.15) is 26.2 Å². The zero-order chi connectivity index (χ0) is 16.2. The van der Waals surface area contributed by atoms with Crippen LogP contribution in [0.25, 0.3) is 0 Å².